The molecule has 0 spiro atoms. The van der Waals surface area contributed by atoms with Crippen LogP contribution < -0.4 is 29.0 Å². The molecule has 0 aliphatic rings. The molecule has 1 N–H and O–H groups in total. The van der Waals surface area contributed by atoms with Gasteiger partial charge in [-0.2, -0.15) is 0 Å². The highest BCUT2D eigenvalue weighted by Gasteiger charge is 2.16. The highest BCUT2D eigenvalue weighted by atomic mass is 16.5. The molecule has 0 saturated heterocycles. The molecule has 9 heteroatoms. The maximum absolute atomic E-state index is 12.8. The summed E-state index contributed by atoms with van der Waals surface area (Å²) in [5.74, 6) is 3.04. The zero-order chi connectivity index (χ0) is 24.0. The van der Waals surface area contributed by atoms with Crippen LogP contribution in [-0.2, 0) is 13.2 Å². The van der Waals surface area contributed by atoms with E-state index in [2.05, 4.69) is 10.5 Å². The number of rotatable bonds is 10. The van der Waals surface area contributed by atoms with Gasteiger partial charge in [0.15, 0.2) is 23.0 Å². The molecular weight excluding hydrogens is 428 g/mol. The van der Waals surface area contributed by atoms with Gasteiger partial charge < -0.3 is 33.5 Å². The molecule has 33 heavy (non-hydrogen) atoms. The van der Waals surface area contributed by atoms with Crippen molar-refractivity contribution in [1.29, 1.82) is 0 Å². The van der Waals surface area contributed by atoms with Gasteiger partial charge in [-0.1, -0.05) is 5.16 Å². The minimum absolute atomic E-state index is 0.231. The van der Waals surface area contributed by atoms with Gasteiger partial charge in [-0.05, 0) is 38.1 Å². The molecular formula is C24H28N2O7. The summed E-state index contributed by atoms with van der Waals surface area (Å²) < 4.78 is 32.5. The van der Waals surface area contributed by atoms with E-state index >= 15 is 0 Å². The first-order chi connectivity index (χ1) is 15.9. The SMILES string of the molecule is COc1cc(OC)c(OC)cc1CNC(=O)c1ccc(OCc2c(C)noc2C)c(OC)c1. The van der Waals surface area contributed by atoms with Gasteiger partial charge in [0.2, 0.25) is 0 Å². The molecule has 0 saturated carbocycles. The number of carbonyl (C=O) groups is 1. The maximum Gasteiger partial charge on any atom is 0.251 e. The Balaban J connectivity index is 1.72. The number of hydrogen-bond acceptors (Lipinski definition) is 8. The number of nitrogens with one attached hydrogen (secondary N) is 1. The van der Waals surface area contributed by atoms with Crippen molar-refractivity contribution in [2.75, 3.05) is 28.4 Å². The van der Waals surface area contributed by atoms with Gasteiger partial charge in [0, 0.05) is 23.7 Å². The first-order valence-corrected chi connectivity index (χ1v) is 10.2. The van der Waals surface area contributed by atoms with Crippen LogP contribution in [-0.4, -0.2) is 39.5 Å². The van der Waals surface area contributed by atoms with Gasteiger partial charge in [0.05, 0.1) is 39.7 Å². The molecule has 0 unspecified atom stereocenters. The van der Waals surface area contributed by atoms with Crippen molar-refractivity contribution >= 4 is 5.91 Å². The van der Waals surface area contributed by atoms with Gasteiger partial charge >= 0.3 is 0 Å². The van der Waals surface area contributed by atoms with E-state index in [4.69, 9.17) is 28.2 Å². The minimum Gasteiger partial charge on any atom is -0.496 e. The summed E-state index contributed by atoms with van der Waals surface area (Å²) in [7, 11) is 6.18. The fourth-order valence-corrected chi connectivity index (χ4v) is 3.29. The number of benzene rings is 2. The third kappa shape index (κ3) is 5.31. The van der Waals surface area contributed by atoms with Crippen molar-refractivity contribution in [2.24, 2.45) is 0 Å². The van der Waals surface area contributed by atoms with Crippen LogP contribution in [0.1, 0.15) is 32.9 Å². The molecule has 9 nitrogen and oxygen atoms in total. The monoisotopic (exact) mass is 456 g/mol. The molecule has 3 rings (SSSR count). The van der Waals surface area contributed by atoms with Crippen LogP contribution in [0.15, 0.2) is 34.9 Å². The highest BCUT2D eigenvalue weighted by Crippen LogP contribution is 2.35. The number of aromatic nitrogens is 1. The number of hydrogen-bond donors (Lipinski definition) is 1. The number of methoxy groups -OCH3 is 4. The Kier molecular flexibility index (Phi) is 7.66. The molecule has 2 aromatic carbocycles. The zero-order valence-corrected chi connectivity index (χ0v) is 19.6. The molecule has 0 aliphatic carbocycles. The van der Waals surface area contributed by atoms with E-state index in [-0.39, 0.29) is 19.1 Å². The third-order valence-corrected chi connectivity index (χ3v) is 5.21. The maximum atomic E-state index is 12.8. The molecule has 0 bridgehead atoms. The third-order valence-electron chi connectivity index (χ3n) is 5.21. The van der Waals surface area contributed by atoms with Crippen molar-refractivity contribution in [3.63, 3.8) is 0 Å². The van der Waals surface area contributed by atoms with E-state index in [1.165, 1.54) is 7.11 Å². The Hall–Kier alpha value is -3.88. The average molecular weight is 456 g/mol. The smallest absolute Gasteiger partial charge is 0.251 e. The van der Waals surface area contributed by atoms with Crippen molar-refractivity contribution in [2.45, 2.75) is 27.0 Å². The highest BCUT2D eigenvalue weighted by molar-refractivity contribution is 5.94. The fourth-order valence-electron chi connectivity index (χ4n) is 3.29. The van der Waals surface area contributed by atoms with Crippen LogP contribution in [0.3, 0.4) is 0 Å². The van der Waals surface area contributed by atoms with E-state index in [0.29, 0.717) is 40.1 Å². The quantitative estimate of drug-likeness (QED) is 0.491. The predicted molar refractivity (Wildman–Crippen MR) is 121 cm³/mol. The van der Waals surface area contributed by atoms with Crippen molar-refractivity contribution < 1.29 is 33.0 Å². The molecule has 0 fully saturated rings. The van der Waals surface area contributed by atoms with Crippen LogP contribution in [0, 0.1) is 13.8 Å². The second-order valence-electron chi connectivity index (χ2n) is 7.16. The van der Waals surface area contributed by atoms with Gasteiger partial charge in [-0.3, -0.25) is 4.79 Å². The Labute approximate surface area is 192 Å². The summed E-state index contributed by atoms with van der Waals surface area (Å²) in [6.45, 7) is 4.20. The molecule has 1 aromatic heterocycles. The summed E-state index contributed by atoms with van der Waals surface area (Å²) >= 11 is 0. The molecule has 0 atom stereocenters. The minimum atomic E-state index is -0.276. The summed E-state index contributed by atoms with van der Waals surface area (Å²) in [5.41, 5.74) is 2.82. The van der Waals surface area contributed by atoms with E-state index in [9.17, 15) is 4.79 Å². The summed E-state index contributed by atoms with van der Waals surface area (Å²) in [5, 5.41) is 6.81. The predicted octanol–water partition coefficient (Wildman–Crippen LogP) is 3.83. The first-order valence-electron chi connectivity index (χ1n) is 10.2. The van der Waals surface area contributed by atoms with Gasteiger partial charge in [0.25, 0.3) is 5.91 Å². The second-order valence-corrected chi connectivity index (χ2v) is 7.16. The van der Waals surface area contributed by atoms with Crippen LogP contribution in [0.4, 0.5) is 0 Å². The molecule has 176 valence electrons. The Morgan fingerprint density at radius 1 is 0.879 bits per heavy atom. The molecule has 1 amide bonds. The van der Waals surface area contributed by atoms with E-state index in [0.717, 1.165) is 16.8 Å². The normalized spacial score (nSPS) is 10.5. The topological polar surface area (TPSA) is 101 Å². The first kappa shape index (κ1) is 23.8. The number of aryl methyl sites for hydroxylation is 2. The van der Waals surface area contributed by atoms with E-state index < -0.39 is 0 Å². The van der Waals surface area contributed by atoms with Crippen LogP contribution in [0.25, 0.3) is 0 Å². The van der Waals surface area contributed by atoms with Crippen LogP contribution in [0.2, 0.25) is 0 Å². The fraction of sp³-hybridized carbons (Fsp3) is 0.333. The number of amides is 1. The summed E-state index contributed by atoms with van der Waals surface area (Å²) in [6, 6.07) is 8.48. The lowest BCUT2D eigenvalue weighted by Crippen LogP contribution is -2.23. The zero-order valence-electron chi connectivity index (χ0n) is 19.6. The van der Waals surface area contributed by atoms with Gasteiger partial charge in [-0.25, -0.2) is 0 Å². The van der Waals surface area contributed by atoms with Crippen molar-refractivity contribution in [3.8, 4) is 28.7 Å². The largest absolute Gasteiger partial charge is 0.496 e. The summed E-state index contributed by atoms with van der Waals surface area (Å²) in [6.07, 6.45) is 0. The van der Waals surface area contributed by atoms with E-state index in [1.54, 1.807) is 51.7 Å². The lowest BCUT2D eigenvalue weighted by atomic mass is 10.1. The number of nitrogens with zero attached hydrogens (tertiary/aromatic N) is 1. The second kappa shape index (κ2) is 10.6. The van der Waals surface area contributed by atoms with Gasteiger partial charge in [0.1, 0.15) is 18.1 Å². The lowest BCUT2D eigenvalue weighted by Gasteiger charge is -2.15. The molecule has 1 heterocycles. The van der Waals surface area contributed by atoms with Crippen molar-refractivity contribution in [3.05, 3.63) is 58.5 Å². The molecule has 3 aromatic rings. The Morgan fingerprint density at radius 3 is 2.12 bits per heavy atom. The Bertz CT molecular complexity index is 1100. The number of carbonyl (C=O) groups excluding carboxylic acids is 1. The molecule has 0 aliphatic heterocycles. The lowest BCUT2D eigenvalue weighted by molar-refractivity contribution is 0.0950. The van der Waals surface area contributed by atoms with Crippen LogP contribution >= 0.6 is 0 Å². The standard InChI is InChI=1S/C24H28N2O7/c1-14-18(15(2)33-26-14)13-32-19-8-7-16(9-21(19)29-4)24(27)25-12-17-10-22(30-5)23(31-6)11-20(17)28-3/h7-11H,12-13H2,1-6H3,(H,25,27). The van der Waals surface area contributed by atoms with E-state index in [1.807, 2.05) is 13.8 Å². The summed E-state index contributed by atoms with van der Waals surface area (Å²) in [4.78, 5) is 12.8. The average Bonchev–Trinajstić information content (AvgIpc) is 3.17. The van der Waals surface area contributed by atoms with Crippen LogP contribution in [0.5, 0.6) is 28.7 Å². The van der Waals surface area contributed by atoms with Gasteiger partial charge in [-0.15, -0.1) is 0 Å². The number of ether oxygens (including phenoxy) is 5. The molecule has 0 radical (unpaired) electrons. The van der Waals surface area contributed by atoms with Crippen molar-refractivity contribution in [1.82, 2.24) is 10.5 Å². The Morgan fingerprint density at radius 2 is 1.52 bits per heavy atom.